The molecule has 1 aliphatic carbocycles. The number of nitrogens with zero attached hydrogens (tertiary/aromatic N) is 2. The predicted molar refractivity (Wildman–Crippen MR) is 120 cm³/mol. The van der Waals surface area contributed by atoms with E-state index in [1.54, 1.807) is 0 Å². The Morgan fingerprint density at radius 1 is 0.969 bits per heavy atom. The Kier molecular flexibility index (Phi) is 6.21. The highest BCUT2D eigenvalue weighted by atomic mass is 19.2. The average molecular weight is 442 g/mol. The number of nitrogens with one attached hydrogen (secondary N) is 2. The molecule has 5 nitrogen and oxygen atoms in total. The van der Waals surface area contributed by atoms with Gasteiger partial charge in [-0.15, -0.1) is 0 Å². The maximum atomic E-state index is 13.9. The molecule has 0 saturated heterocycles. The molecular formula is C24H25F3N4O. The minimum Gasteiger partial charge on any atom is -0.377 e. The quantitative estimate of drug-likeness (QED) is 0.554. The summed E-state index contributed by atoms with van der Waals surface area (Å²) >= 11 is 0. The first kappa shape index (κ1) is 21.9. The maximum Gasteiger partial charge on any atom is 0.254 e. The molecule has 2 aromatic carbocycles. The summed E-state index contributed by atoms with van der Waals surface area (Å²) in [7, 11) is 3.99. The van der Waals surface area contributed by atoms with Crippen LogP contribution in [0.15, 0.2) is 42.5 Å². The zero-order chi connectivity index (χ0) is 22.8. The molecule has 1 amide bonds. The third-order valence-corrected chi connectivity index (χ3v) is 5.87. The van der Waals surface area contributed by atoms with Crippen molar-refractivity contribution in [2.24, 2.45) is 0 Å². The van der Waals surface area contributed by atoms with E-state index in [1.165, 1.54) is 0 Å². The highest BCUT2D eigenvalue weighted by molar-refractivity contribution is 5.95. The Labute approximate surface area is 184 Å². The Bertz CT molecular complexity index is 1140. The molecule has 0 spiro atoms. The fourth-order valence-corrected chi connectivity index (χ4v) is 4.16. The van der Waals surface area contributed by atoms with Crippen LogP contribution < -0.4 is 15.5 Å². The van der Waals surface area contributed by atoms with Gasteiger partial charge in [-0.25, -0.2) is 18.2 Å². The summed E-state index contributed by atoms with van der Waals surface area (Å²) < 4.78 is 40.4. The Hall–Kier alpha value is -3.29. The molecule has 1 aliphatic rings. The van der Waals surface area contributed by atoms with E-state index in [0.717, 1.165) is 47.4 Å². The summed E-state index contributed by atoms with van der Waals surface area (Å²) in [6.07, 6.45) is 2.94. The van der Waals surface area contributed by atoms with Crippen LogP contribution in [0.1, 0.15) is 36.0 Å². The molecule has 1 saturated carbocycles. The summed E-state index contributed by atoms with van der Waals surface area (Å²) in [6, 6.07) is 11.8. The molecule has 4 rings (SSSR count). The van der Waals surface area contributed by atoms with E-state index >= 15 is 0 Å². The average Bonchev–Trinajstić information content (AvgIpc) is 2.78. The molecule has 1 heterocycles. The van der Waals surface area contributed by atoms with E-state index < -0.39 is 28.9 Å². The number of hydrogen-bond donors (Lipinski definition) is 2. The SMILES string of the molecule is CN(C)c1cc(NC2CCC(NC(=O)c3ccc(F)c(F)c3F)CC2)nc2ccccc12. The van der Waals surface area contributed by atoms with Crippen molar-refractivity contribution in [2.75, 3.05) is 24.3 Å². The van der Waals surface area contributed by atoms with E-state index in [0.29, 0.717) is 12.8 Å². The van der Waals surface area contributed by atoms with Crippen molar-refractivity contribution >= 4 is 28.3 Å². The fourth-order valence-electron chi connectivity index (χ4n) is 4.16. The third kappa shape index (κ3) is 4.49. The molecule has 8 heteroatoms. The molecule has 0 unspecified atom stereocenters. The number of fused-ring (bicyclic) bond motifs is 1. The Balaban J connectivity index is 1.38. The van der Waals surface area contributed by atoms with Gasteiger partial charge in [0.25, 0.3) is 5.91 Å². The Morgan fingerprint density at radius 3 is 2.38 bits per heavy atom. The van der Waals surface area contributed by atoms with E-state index in [1.807, 2.05) is 44.4 Å². The number of carbonyl (C=O) groups excluding carboxylic acids is 1. The second-order valence-electron chi connectivity index (χ2n) is 8.33. The smallest absolute Gasteiger partial charge is 0.254 e. The minimum atomic E-state index is -1.63. The second-order valence-corrected chi connectivity index (χ2v) is 8.33. The van der Waals surface area contributed by atoms with Crippen LogP contribution in [0.5, 0.6) is 0 Å². The number of rotatable bonds is 5. The van der Waals surface area contributed by atoms with E-state index in [2.05, 4.69) is 15.5 Å². The number of para-hydroxylation sites is 1. The van der Waals surface area contributed by atoms with Crippen LogP contribution in [0.3, 0.4) is 0 Å². The summed E-state index contributed by atoms with van der Waals surface area (Å²) in [6.45, 7) is 0. The largest absolute Gasteiger partial charge is 0.377 e. The Morgan fingerprint density at radius 2 is 1.66 bits per heavy atom. The van der Waals surface area contributed by atoms with Crippen LogP contribution >= 0.6 is 0 Å². The van der Waals surface area contributed by atoms with Gasteiger partial charge in [-0.3, -0.25) is 4.79 Å². The van der Waals surface area contributed by atoms with Gasteiger partial charge in [-0.2, -0.15) is 0 Å². The van der Waals surface area contributed by atoms with Crippen LogP contribution in [-0.2, 0) is 0 Å². The molecule has 0 radical (unpaired) electrons. The normalized spacial score (nSPS) is 18.4. The first-order chi connectivity index (χ1) is 15.3. The number of hydrogen-bond acceptors (Lipinski definition) is 4. The number of benzene rings is 2. The van der Waals surface area contributed by atoms with Crippen LogP contribution in [0.25, 0.3) is 10.9 Å². The summed E-state index contributed by atoms with van der Waals surface area (Å²) in [5, 5.41) is 7.31. The summed E-state index contributed by atoms with van der Waals surface area (Å²) in [5.41, 5.74) is 1.50. The van der Waals surface area contributed by atoms with Gasteiger partial charge in [-0.05, 0) is 43.9 Å². The number of pyridine rings is 1. The molecule has 0 atom stereocenters. The molecular weight excluding hydrogens is 417 g/mol. The maximum absolute atomic E-state index is 13.9. The lowest BCUT2D eigenvalue weighted by molar-refractivity contribution is 0.0921. The number of halogens is 3. The summed E-state index contributed by atoms with van der Waals surface area (Å²) in [5.74, 6) is -4.35. The van der Waals surface area contributed by atoms with Crippen molar-refractivity contribution in [3.63, 3.8) is 0 Å². The van der Waals surface area contributed by atoms with Gasteiger partial charge in [0.1, 0.15) is 5.82 Å². The van der Waals surface area contributed by atoms with Crippen molar-refractivity contribution in [3.8, 4) is 0 Å². The van der Waals surface area contributed by atoms with Crippen molar-refractivity contribution in [2.45, 2.75) is 37.8 Å². The van der Waals surface area contributed by atoms with Crippen LogP contribution in [0.2, 0.25) is 0 Å². The van der Waals surface area contributed by atoms with E-state index in [9.17, 15) is 18.0 Å². The molecule has 2 N–H and O–H groups in total. The van der Waals surface area contributed by atoms with Gasteiger partial charge in [0, 0.05) is 43.3 Å². The van der Waals surface area contributed by atoms with Crippen LogP contribution in [0, 0.1) is 17.5 Å². The van der Waals surface area contributed by atoms with Crippen molar-refractivity contribution in [1.29, 1.82) is 0 Å². The minimum absolute atomic E-state index is 0.157. The highest BCUT2D eigenvalue weighted by Gasteiger charge is 2.25. The topological polar surface area (TPSA) is 57.3 Å². The molecule has 0 aliphatic heterocycles. The van der Waals surface area contributed by atoms with Gasteiger partial charge in [-0.1, -0.05) is 18.2 Å². The molecule has 3 aromatic rings. The van der Waals surface area contributed by atoms with Gasteiger partial charge < -0.3 is 15.5 Å². The number of anilines is 2. The molecule has 0 bridgehead atoms. The van der Waals surface area contributed by atoms with Gasteiger partial charge in [0.15, 0.2) is 17.5 Å². The van der Waals surface area contributed by atoms with Crippen molar-refractivity contribution < 1.29 is 18.0 Å². The summed E-state index contributed by atoms with van der Waals surface area (Å²) in [4.78, 5) is 19.1. The second kappa shape index (κ2) is 9.06. The van der Waals surface area contributed by atoms with E-state index in [4.69, 9.17) is 4.98 Å². The monoisotopic (exact) mass is 442 g/mol. The molecule has 32 heavy (non-hydrogen) atoms. The third-order valence-electron chi connectivity index (χ3n) is 5.87. The molecule has 1 fully saturated rings. The van der Waals surface area contributed by atoms with E-state index in [-0.39, 0.29) is 12.1 Å². The van der Waals surface area contributed by atoms with Gasteiger partial charge in [0.2, 0.25) is 0 Å². The lowest BCUT2D eigenvalue weighted by atomic mass is 9.91. The zero-order valence-corrected chi connectivity index (χ0v) is 18.0. The van der Waals surface area contributed by atoms with Crippen molar-refractivity contribution in [3.05, 3.63) is 65.5 Å². The predicted octanol–water partition coefficient (Wildman–Crippen LogP) is 4.87. The fraction of sp³-hybridized carbons (Fsp3) is 0.333. The molecule has 1 aromatic heterocycles. The lowest BCUT2D eigenvalue weighted by Gasteiger charge is -2.30. The van der Waals surface area contributed by atoms with Gasteiger partial charge >= 0.3 is 0 Å². The first-order valence-corrected chi connectivity index (χ1v) is 10.6. The van der Waals surface area contributed by atoms with Crippen LogP contribution in [0.4, 0.5) is 24.7 Å². The highest BCUT2D eigenvalue weighted by Crippen LogP contribution is 2.29. The van der Waals surface area contributed by atoms with Crippen LogP contribution in [-0.4, -0.2) is 37.1 Å². The number of amides is 1. The molecule has 168 valence electrons. The number of aromatic nitrogens is 1. The van der Waals surface area contributed by atoms with Crippen molar-refractivity contribution in [1.82, 2.24) is 10.3 Å². The van der Waals surface area contributed by atoms with Gasteiger partial charge in [0.05, 0.1) is 11.1 Å². The zero-order valence-electron chi connectivity index (χ0n) is 18.0. The number of carbonyl (C=O) groups is 1. The lowest BCUT2D eigenvalue weighted by Crippen LogP contribution is -2.40. The first-order valence-electron chi connectivity index (χ1n) is 10.6. The standard InChI is InChI=1S/C24H25F3N4O/c1-31(2)20-13-21(30-19-6-4-3-5-16(19)20)28-14-7-9-15(10-8-14)29-24(32)17-11-12-18(25)23(27)22(17)26/h3-6,11-15H,7-10H2,1-2H3,(H,28,30)(H,29,32).